The molecule has 0 spiro atoms. The van der Waals surface area contributed by atoms with Crippen molar-refractivity contribution in [2.45, 2.75) is 18.1 Å². The van der Waals surface area contributed by atoms with Crippen LogP contribution < -0.4 is 0 Å². The van der Waals surface area contributed by atoms with Crippen LogP contribution in [0.4, 0.5) is 13.2 Å². The van der Waals surface area contributed by atoms with Gasteiger partial charge in [0.1, 0.15) is 10.5 Å². The van der Waals surface area contributed by atoms with Crippen LogP contribution in [0.2, 0.25) is 5.54 Å². The highest BCUT2D eigenvalue weighted by Crippen LogP contribution is 2.33. The Labute approximate surface area is 92.1 Å². The molecule has 1 aromatic carbocycles. The maximum absolute atomic E-state index is 12.6. The summed E-state index contributed by atoms with van der Waals surface area (Å²) in [5.74, 6) is 0. The normalized spacial score (nSPS) is 14.9. The van der Waals surface area contributed by atoms with E-state index >= 15 is 0 Å². The third-order valence-electron chi connectivity index (χ3n) is 2.16. The molecule has 6 heteroatoms. The van der Waals surface area contributed by atoms with Gasteiger partial charge in [-0.15, -0.1) is 0 Å². The molecular formula is C9H13F3OSi2. The highest BCUT2D eigenvalue weighted by Gasteiger charge is 2.39. The third kappa shape index (κ3) is 4.19. The van der Waals surface area contributed by atoms with Crippen molar-refractivity contribution in [3.05, 3.63) is 35.9 Å². The summed E-state index contributed by atoms with van der Waals surface area (Å²) >= 11 is 0. The molecule has 0 aliphatic heterocycles. The zero-order chi connectivity index (χ0) is 11.3. The van der Waals surface area contributed by atoms with Gasteiger partial charge in [-0.05, 0) is 12.0 Å². The fraction of sp³-hybridized carbons (Fsp3) is 0.333. The van der Waals surface area contributed by atoms with Gasteiger partial charge in [0.15, 0.2) is 9.76 Å². The largest absolute Gasteiger partial charge is 0.467 e. The van der Waals surface area contributed by atoms with Crippen LogP contribution >= 0.6 is 0 Å². The zero-order valence-corrected chi connectivity index (χ0v) is 11.8. The van der Waals surface area contributed by atoms with Gasteiger partial charge in [-0.25, -0.2) is 0 Å². The van der Waals surface area contributed by atoms with Crippen molar-refractivity contribution in [1.82, 2.24) is 0 Å². The standard InChI is InChI=1S/C9H13F3OSi2/c10-9(11,12)8(15-13-14)6-7-4-2-1-3-5-7/h1-5,8H,6,15H2,14H3. The quantitative estimate of drug-likeness (QED) is 0.723. The van der Waals surface area contributed by atoms with Crippen LogP contribution in [0.1, 0.15) is 5.56 Å². The molecule has 0 amide bonds. The van der Waals surface area contributed by atoms with E-state index in [4.69, 9.17) is 4.12 Å². The molecule has 0 saturated heterocycles. The Morgan fingerprint density at radius 2 is 1.87 bits per heavy atom. The Morgan fingerprint density at radius 3 is 2.33 bits per heavy atom. The number of hydrogen-bond donors (Lipinski definition) is 0. The average Bonchev–Trinajstić information content (AvgIpc) is 2.17. The van der Waals surface area contributed by atoms with Crippen LogP contribution in [-0.2, 0) is 10.5 Å². The molecule has 0 heterocycles. The molecule has 1 atom stereocenters. The second kappa shape index (κ2) is 5.48. The van der Waals surface area contributed by atoms with Gasteiger partial charge in [0.2, 0.25) is 0 Å². The van der Waals surface area contributed by atoms with E-state index in [-0.39, 0.29) is 6.42 Å². The van der Waals surface area contributed by atoms with E-state index < -0.39 is 21.5 Å². The first-order valence-corrected chi connectivity index (χ1v) is 6.84. The fourth-order valence-corrected chi connectivity index (χ4v) is 3.62. The van der Waals surface area contributed by atoms with Crippen molar-refractivity contribution >= 4 is 20.2 Å². The molecule has 0 fully saturated rings. The number of halogens is 3. The minimum atomic E-state index is -4.12. The van der Waals surface area contributed by atoms with E-state index in [1.807, 2.05) is 0 Å². The van der Waals surface area contributed by atoms with Gasteiger partial charge in [-0.2, -0.15) is 13.2 Å². The van der Waals surface area contributed by atoms with Gasteiger partial charge in [0.05, 0.1) is 5.54 Å². The van der Waals surface area contributed by atoms with E-state index in [0.29, 0.717) is 10.5 Å². The smallest absolute Gasteiger partial charge is 0.391 e. The van der Waals surface area contributed by atoms with Crippen LogP contribution in [0.3, 0.4) is 0 Å². The van der Waals surface area contributed by atoms with E-state index in [0.717, 1.165) is 5.56 Å². The molecule has 0 radical (unpaired) electrons. The Morgan fingerprint density at radius 1 is 1.27 bits per heavy atom. The summed E-state index contributed by atoms with van der Waals surface area (Å²) in [7, 11) is -1.08. The Bertz CT molecular complexity index is 289. The predicted octanol–water partition coefficient (Wildman–Crippen LogP) is 0.961. The molecule has 1 nitrogen and oxygen atoms in total. The molecule has 1 rings (SSSR count). The maximum Gasteiger partial charge on any atom is 0.391 e. The lowest BCUT2D eigenvalue weighted by Crippen LogP contribution is -2.26. The van der Waals surface area contributed by atoms with Crippen molar-refractivity contribution < 1.29 is 17.3 Å². The van der Waals surface area contributed by atoms with Crippen molar-refractivity contribution in [1.29, 1.82) is 0 Å². The van der Waals surface area contributed by atoms with Crippen molar-refractivity contribution in [3.8, 4) is 0 Å². The molecule has 1 unspecified atom stereocenters. The highest BCUT2D eigenvalue weighted by atomic mass is 28.3. The first-order valence-electron chi connectivity index (χ1n) is 4.63. The Hall–Kier alpha value is -0.596. The van der Waals surface area contributed by atoms with Crippen molar-refractivity contribution in [3.63, 3.8) is 0 Å². The Kier molecular flexibility index (Phi) is 4.55. The zero-order valence-electron chi connectivity index (χ0n) is 8.42. The summed E-state index contributed by atoms with van der Waals surface area (Å²) in [6.45, 7) is 0. The summed E-state index contributed by atoms with van der Waals surface area (Å²) in [6, 6.07) is 8.75. The lowest BCUT2D eigenvalue weighted by Gasteiger charge is -2.19. The molecule has 0 N–H and O–H groups in total. The molecule has 84 valence electrons. The van der Waals surface area contributed by atoms with E-state index in [1.165, 1.54) is 0 Å². The number of alkyl halides is 3. The van der Waals surface area contributed by atoms with Gasteiger partial charge >= 0.3 is 6.18 Å². The SMILES string of the molecule is FC(F)(F)C(Cc1ccccc1)[SiH2]O[SiH3]. The average molecular weight is 250 g/mol. The molecular weight excluding hydrogens is 237 g/mol. The van der Waals surface area contributed by atoms with E-state index in [2.05, 4.69) is 0 Å². The predicted molar refractivity (Wildman–Crippen MR) is 59.5 cm³/mol. The van der Waals surface area contributed by atoms with E-state index in [9.17, 15) is 13.2 Å². The molecule has 0 aromatic heterocycles. The van der Waals surface area contributed by atoms with Gasteiger partial charge in [-0.3, -0.25) is 0 Å². The summed E-state index contributed by atoms with van der Waals surface area (Å²) in [6.07, 6.45) is -4.06. The van der Waals surface area contributed by atoms with Gasteiger partial charge < -0.3 is 4.12 Å². The molecule has 0 saturated carbocycles. The summed E-state index contributed by atoms with van der Waals surface area (Å²) < 4.78 is 42.5. The minimum absolute atomic E-state index is 0.0544. The fourth-order valence-electron chi connectivity index (χ4n) is 1.37. The number of hydrogen-bond acceptors (Lipinski definition) is 1. The lowest BCUT2D eigenvalue weighted by molar-refractivity contribution is -0.134. The van der Waals surface area contributed by atoms with Gasteiger partial charge in [0, 0.05) is 0 Å². The molecule has 15 heavy (non-hydrogen) atoms. The van der Waals surface area contributed by atoms with Crippen LogP contribution in [0, 0.1) is 0 Å². The lowest BCUT2D eigenvalue weighted by atomic mass is 10.1. The first kappa shape index (κ1) is 12.5. The Balaban J connectivity index is 2.67. The number of benzene rings is 1. The van der Waals surface area contributed by atoms with Crippen LogP contribution in [0.15, 0.2) is 30.3 Å². The molecule has 1 aromatic rings. The van der Waals surface area contributed by atoms with E-state index in [1.54, 1.807) is 30.3 Å². The molecule has 0 bridgehead atoms. The van der Waals surface area contributed by atoms with Crippen LogP contribution in [-0.4, -0.2) is 26.4 Å². The highest BCUT2D eigenvalue weighted by molar-refractivity contribution is 6.36. The second-order valence-electron chi connectivity index (χ2n) is 3.38. The van der Waals surface area contributed by atoms with Crippen LogP contribution in [0.5, 0.6) is 0 Å². The van der Waals surface area contributed by atoms with Crippen molar-refractivity contribution in [2.24, 2.45) is 0 Å². The minimum Gasteiger partial charge on any atom is -0.467 e. The molecule has 0 aliphatic rings. The van der Waals surface area contributed by atoms with Crippen LogP contribution in [0.25, 0.3) is 0 Å². The first-order chi connectivity index (χ1) is 7.04. The summed E-state index contributed by atoms with van der Waals surface area (Å²) in [4.78, 5) is 0. The summed E-state index contributed by atoms with van der Waals surface area (Å²) in [5, 5.41) is 0. The van der Waals surface area contributed by atoms with Gasteiger partial charge in [0.25, 0.3) is 0 Å². The second-order valence-corrected chi connectivity index (χ2v) is 7.01. The van der Waals surface area contributed by atoms with Gasteiger partial charge in [-0.1, -0.05) is 30.3 Å². The number of rotatable bonds is 4. The topological polar surface area (TPSA) is 9.23 Å². The molecule has 0 aliphatic carbocycles. The maximum atomic E-state index is 12.6. The summed E-state index contributed by atoms with van der Waals surface area (Å²) in [5.41, 5.74) is -0.525. The third-order valence-corrected chi connectivity index (χ3v) is 4.64. The van der Waals surface area contributed by atoms with Crippen molar-refractivity contribution in [2.75, 3.05) is 0 Å². The monoisotopic (exact) mass is 250 g/mol.